The van der Waals surface area contributed by atoms with E-state index >= 15 is 0 Å². The molecule has 7 heteroatoms. The molecule has 3 aromatic rings. The number of fused-ring (bicyclic) bond motifs is 1. The Bertz CT molecular complexity index is 1060. The van der Waals surface area contributed by atoms with Crippen molar-refractivity contribution in [3.8, 4) is 5.75 Å². The molecule has 0 aliphatic carbocycles. The normalized spacial score (nSPS) is 11.3. The molecule has 0 unspecified atom stereocenters. The largest absolute Gasteiger partial charge is 0.465 e. The summed E-state index contributed by atoms with van der Waals surface area (Å²) < 4.78 is 35.3. The summed E-state index contributed by atoms with van der Waals surface area (Å²) >= 11 is 3.20. The van der Waals surface area contributed by atoms with E-state index in [1.54, 1.807) is 18.2 Å². The monoisotopic (exact) mass is 420 g/mol. The molecular formula is C18H13BrO5S. The number of hydrogen-bond donors (Lipinski definition) is 0. The SMILES string of the molecule is COC(=O)c1cc(S(=O)(=O)Oc2ccc3ccccc3c2)ccc1Br. The zero-order valence-corrected chi connectivity index (χ0v) is 15.5. The smallest absolute Gasteiger partial charge is 0.339 e. The number of ether oxygens (including phenoxy) is 1. The molecule has 5 nitrogen and oxygen atoms in total. The van der Waals surface area contributed by atoms with Gasteiger partial charge >= 0.3 is 16.1 Å². The molecule has 0 fully saturated rings. The molecule has 0 atom stereocenters. The third-order valence-electron chi connectivity index (χ3n) is 3.56. The standard InChI is InChI=1S/C18H13BrO5S/c1-23-18(20)16-11-15(8-9-17(16)19)25(21,22)24-14-7-6-12-4-2-3-5-13(12)10-14/h2-11H,1H3. The van der Waals surface area contributed by atoms with Crippen molar-refractivity contribution in [1.29, 1.82) is 0 Å². The summed E-state index contributed by atoms with van der Waals surface area (Å²) in [4.78, 5) is 11.6. The number of carbonyl (C=O) groups is 1. The van der Waals surface area contributed by atoms with E-state index in [-0.39, 0.29) is 16.2 Å². The average molecular weight is 421 g/mol. The molecule has 0 radical (unpaired) electrons. The Morgan fingerprint density at radius 1 is 0.960 bits per heavy atom. The van der Waals surface area contributed by atoms with Crippen LogP contribution in [0, 0.1) is 0 Å². The number of benzene rings is 3. The first-order valence-electron chi connectivity index (χ1n) is 7.22. The fraction of sp³-hybridized carbons (Fsp3) is 0.0556. The summed E-state index contributed by atoms with van der Waals surface area (Å²) in [6, 6.07) is 16.6. The third-order valence-corrected chi connectivity index (χ3v) is 5.49. The van der Waals surface area contributed by atoms with E-state index in [4.69, 9.17) is 4.18 Å². The van der Waals surface area contributed by atoms with Crippen LogP contribution in [0.5, 0.6) is 5.75 Å². The molecule has 0 heterocycles. The predicted molar refractivity (Wildman–Crippen MR) is 97.2 cm³/mol. The van der Waals surface area contributed by atoms with Crippen LogP contribution in [0.3, 0.4) is 0 Å². The van der Waals surface area contributed by atoms with Crippen LogP contribution < -0.4 is 4.18 Å². The lowest BCUT2D eigenvalue weighted by molar-refractivity contribution is 0.0599. The van der Waals surface area contributed by atoms with Crippen molar-refractivity contribution in [2.45, 2.75) is 4.90 Å². The molecule has 25 heavy (non-hydrogen) atoms. The Kier molecular flexibility index (Phi) is 4.78. The minimum absolute atomic E-state index is 0.102. The lowest BCUT2D eigenvalue weighted by Crippen LogP contribution is -2.11. The van der Waals surface area contributed by atoms with Crippen molar-refractivity contribution in [1.82, 2.24) is 0 Å². The van der Waals surface area contributed by atoms with Gasteiger partial charge in [0.05, 0.1) is 12.7 Å². The Morgan fingerprint density at radius 2 is 1.68 bits per heavy atom. The molecule has 0 N–H and O–H groups in total. The van der Waals surface area contributed by atoms with Crippen molar-refractivity contribution >= 4 is 42.8 Å². The Morgan fingerprint density at radius 3 is 2.40 bits per heavy atom. The number of rotatable bonds is 4. The number of hydrogen-bond acceptors (Lipinski definition) is 5. The fourth-order valence-electron chi connectivity index (χ4n) is 2.32. The van der Waals surface area contributed by atoms with Crippen LogP contribution in [-0.4, -0.2) is 21.5 Å². The van der Waals surface area contributed by atoms with E-state index in [1.165, 1.54) is 25.3 Å². The minimum Gasteiger partial charge on any atom is -0.465 e. The maximum Gasteiger partial charge on any atom is 0.339 e. The quantitative estimate of drug-likeness (QED) is 0.468. The lowest BCUT2D eigenvalue weighted by Gasteiger charge is -2.10. The van der Waals surface area contributed by atoms with Gasteiger partial charge in [-0.2, -0.15) is 8.42 Å². The van der Waals surface area contributed by atoms with Crippen LogP contribution >= 0.6 is 15.9 Å². The summed E-state index contributed by atoms with van der Waals surface area (Å²) in [5, 5.41) is 1.84. The third kappa shape index (κ3) is 3.67. The number of methoxy groups -OCH3 is 1. The lowest BCUT2D eigenvalue weighted by atomic mass is 10.1. The maximum atomic E-state index is 12.5. The molecule has 0 saturated heterocycles. The second kappa shape index (κ2) is 6.85. The second-order valence-corrected chi connectivity index (χ2v) is 7.58. The molecule has 0 saturated carbocycles. The molecule has 128 valence electrons. The van der Waals surface area contributed by atoms with Crippen LogP contribution in [0.25, 0.3) is 10.8 Å². The first-order chi connectivity index (χ1) is 11.9. The molecular weight excluding hydrogens is 408 g/mol. The van der Waals surface area contributed by atoms with Gasteiger partial charge in [0.1, 0.15) is 10.6 Å². The number of carbonyl (C=O) groups excluding carboxylic acids is 1. The summed E-state index contributed by atoms with van der Waals surface area (Å²) in [7, 11) is -2.87. The van der Waals surface area contributed by atoms with Gasteiger partial charge in [-0.05, 0) is 57.0 Å². The zero-order chi connectivity index (χ0) is 18.0. The van der Waals surface area contributed by atoms with Crippen LogP contribution in [0.1, 0.15) is 10.4 Å². The van der Waals surface area contributed by atoms with Crippen molar-refractivity contribution < 1.29 is 22.1 Å². The molecule has 3 aromatic carbocycles. The summed E-state index contributed by atoms with van der Waals surface area (Å²) in [6.07, 6.45) is 0. The van der Waals surface area contributed by atoms with Crippen molar-refractivity contribution in [3.63, 3.8) is 0 Å². The van der Waals surface area contributed by atoms with Gasteiger partial charge < -0.3 is 8.92 Å². The fourth-order valence-corrected chi connectivity index (χ4v) is 3.68. The Labute approximate surface area is 153 Å². The molecule has 3 rings (SSSR count). The topological polar surface area (TPSA) is 69.7 Å². The first-order valence-corrected chi connectivity index (χ1v) is 9.42. The van der Waals surface area contributed by atoms with Gasteiger partial charge in [0.25, 0.3) is 0 Å². The van der Waals surface area contributed by atoms with E-state index in [2.05, 4.69) is 20.7 Å². The maximum absolute atomic E-state index is 12.5. The highest BCUT2D eigenvalue weighted by atomic mass is 79.9. The predicted octanol–water partition coefficient (Wildman–Crippen LogP) is 4.16. The summed E-state index contributed by atoms with van der Waals surface area (Å²) in [5.41, 5.74) is 0.102. The molecule has 0 aliphatic heterocycles. The van der Waals surface area contributed by atoms with Gasteiger partial charge in [-0.25, -0.2) is 4.79 Å². The van der Waals surface area contributed by atoms with Gasteiger partial charge in [-0.1, -0.05) is 30.3 Å². The van der Waals surface area contributed by atoms with Gasteiger partial charge in [-0.3, -0.25) is 0 Å². The molecule has 0 aromatic heterocycles. The molecule has 0 amide bonds. The van der Waals surface area contributed by atoms with E-state index in [0.29, 0.717) is 4.47 Å². The van der Waals surface area contributed by atoms with Crippen LogP contribution in [0.4, 0.5) is 0 Å². The average Bonchev–Trinajstić information content (AvgIpc) is 2.61. The number of halogens is 1. The molecule has 0 spiro atoms. The second-order valence-electron chi connectivity index (χ2n) is 5.18. The highest BCUT2D eigenvalue weighted by Gasteiger charge is 2.21. The van der Waals surface area contributed by atoms with E-state index in [1.807, 2.05) is 24.3 Å². The highest BCUT2D eigenvalue weighted by Crippen LogP contribution is 2.26. The van der Waals surface area contributed by atoms with Crippen LogP contribution in [0.15, 0.2) is 70.0 Å². The van der Waals surface area contributed by atoms with Crippen molar-refractivity contribution in [3.05, 3.63) is 70.7 Å². The van der Waals surface area contributed by atoms with E-state index < -0.39 is 16.1 Å². The van der Waals surface area contributed by atoms with Crippen molar-refractivity contribution in [2.75, 3.05) is 7.11 Å². The van der Waals surface area contributed by atoms with E-state index in [0.717, 1.165) is 10.8 Å². The zero-order valence-electron chi connectivity index (χ0n) is 13.1. The Balaban J connectivity index is 1.97. The Hall–Kier alpha value is -2.38. The van der Waals surface area contributed by atoms with Crippen LogP contribution in [-0.2, 0) is 14.9 Å². The van der Waals surface area contributed by atoms with Crippen molar-refractivity contribution in [2.24, 2.45) is 0 Å². The number of esters is 1. The van der Waals surface area contributed by atoms with Gasteiger partial charge in [-0.15, -0.1) is 0 Å². The summed E-state index contributed by atoms with van der Waals surface area (Å²) in [6.45, 7) is 0. The minimum atomic E-state index is -4.09. The summed E-state index contributed by atoms with van der Waals surface area (Å²) in [5.74, 6) is -0.448. The highest BCUT2D eigenvalue weighted by molar-refractivity contribution is 9.10. The molecule has 0 aliphatic rings. The molecule has 0 bridgehead atoms. The van der Waals surface area contributed by atoms with Gasteiger partial charge in [0.15, 0.2) is 0 Å². The van der Waals surface area contributed by atoms with E-state index in [9.17, 15) is 13.2 Å². The first kappa shape index (κ1) is 17.4. The van der Waals surface area contributed by atoms with Crippen LogP contribution in [0.2, 0.25) is 0 Å². The van der Waals surface area contributed by atoms with Gasteiger partial charge in [0, 0.05) is 4.47 Å². The van der Waals surface area contributed by atoms with Gasteiger partial charge in [0.2, 0.25) is 0 Å².